The van der Waals surface area contributed by atoms with E-state index in [1.165, 1.54) is 32.9 Å². The third-order valence-electron chi connectivity index (χ3n) is 15.7. The minimum atomic E-state index is -6.15. The van der Waals surface area contributed by atoms with E-state index in [4.69, 9.17) is 28.2 Å². The van der Waals surface area contributed by atoms with Gasteiger partial charge >= 0.3 is 35.4 Å². The maximum absolute atomic E-state index is 16.6. The molecule has 1 saturated heterocycles. The van der Waals surface area contributed by atoms with Crippen LogP contribution in [0.3, 0.4) is 0 Å². The average molecular weight is 1210 g/mol. The zero-order chi connectivity index (χ0) is 60.8. The van der Waals surface area contributed by atoms with Crippen LogP contribution in [0.2, 0.25) is 0 Å². The third kappa shape index (κ3) is 13.2. The maximum Gasteiger partial charge on any atom is 0.536 e. The van der Waals surface area contributed by atoms with Gasteiger partial charge in [0.05, 0.1) is 17.1 Å². The number of allylic oxidation sites excluding steroid dienone is 4. The van der Waals surface area contributed by atoms with Crippen molar-refractivity contribution in [2.45, 2.75) is 155 Å². The number of nitrogens with one attached hydrogen (secondary N) is 2. The molecule has 11 atom stereocenters. The standard InChI is InChI=1S/C58H71N2O20P3/c1-33(2)18-17-27-56(10)28-26-41-48(75-56)40(24-23-34(3)4)49-44(50(41)77-82(69,70)80-83(71,72)79-81(66,67)68)47(61)45-46(59-36(6)53(64)73-31-38-19-13-11-14-20-38)42-30-43-55(8,9)78-57(51(42)62,58(43,45)76-49)29-25-35(5)52(63)60-37(7)54(65)74-32-39-21-15-12-16-22-39/h11-16,18-23,25-26,28,36-37,42-43,45-46,59H,17,24,27,29-32H2,1-10H3,(H,60,63)(H,69,70)(H,71,72)(H2,66,67,68)/b35-25-. The van der Waals surface area contributed by atoms with Crippen molar-refractivity contribution in [2.75, 3.05) is 0 Å². The first kappa shape index (κ1) is 63.2. The Kier molecular flexibility index (Phi) is 18.2. The number of hydrogen-bond acceptors (Lipinski definition) is 17. The number of ether oxygens (including phenoxy) is 5. The second kappa shape index (κ2) is 23.9. The molecule has 4 fully saturated rings. The molecular weight excluding hydrogens is 1140 g/mol. The van der Waals surface area contributed by atoms with Crippen molar-refractivity contribution in [1.29, 1.82) is 0 Å². The molecule has 0 aromatic heterocycles. The number of Topliss-reactive ketones (excluding diaryl/α,β-unsaturated/α-hetero) is 2. The van der Waals surface area contributed by atoms with Gasteiger partial charge in [-0.1, -0.05) is 90.0 Å². The molecule has 9 rings (SSSR count). The summed E-state index contributed by atoms with van der Waals surface area (Å²) in [5.74, 6) is -8.27. The van der Waals surface area contributed by atoms with E-state index in [0.29, 0.717) is 18.4 Å². The fourth-order valence-electron chi connectivity index (χ4n) is 11.9. The molecular formula is C58H71N2O20P3. The van der Waals surface area contributed by atoms with Crippen molar-refractivity contribution in [3.63, 3.8) is 0 Å². The molecule has 6 aliphatic rings. The molecule has 3 aromatic rings. The fraction of sp³-hybridized carbons (Fsp3) is 0.466. The normalized spacial score (nSPS) is 26.7. The van der Waals surface area contributed by atoms with E-state index in [0.717, 1.165) is 16.7 Å². The highest BCUT2D eigenvalue weighted by atomic mass is 31.3. The topological polar surface area (TPSA) is 315 Å². The summed E-state index contributed by atoms with van der Waals surface area (Å²) in [6.45, 7) is 17.0. The van der Waals surface area contributed by atoms with Crippen LogP contribution in [0.15, 0.2) is 102 Å². The van der Waals surface area contributed by atoms with Crippen LogP contribution >= 0.6 is 23.5 Å². The Labute approximate surface area is 481 Å². The average Bonchev–Trinajstić information content (AvgIpc) is 1.79. The van der Waals surface area contributed by atoms with Crippen molar-refractivity contribution in [3.05, 3.63) is 130 Å². The molecule has 1 spiro atoms. The lowest BCUT2D eigenvalue weighted by Crippen LogP contribution is -2.82. The Hall–Kier alpha value is -5.86. The fourth-order valence-corrected chi connectivity index (χ4v) is 15.0. The molecule has 22 nitrogen and oxygen atoms in total. The van der Waals surface area contributed by atoms with Crippen LogP contribution in [0.4, 0.5) is 0 Å². The molecule has 1 amide bonds. The van der Waals surface area contributed by atoms with E-state index >= 15 is 9.59 Å². The molecule has 3 heterocycles. The number of amides is 1. The molecule has 25 heteroatoms. The van der Waals surface area contributed by atoms with Crippen LogP contribution in [0, 0.1) is 17.8 Å². The van der Waals surface area contributed by atoms with Crippen molar-refractivity contribution in [2.24, 2.45) is 17.8 Å². The van der Waals surface area contributed by atoms with Gasteiger partial charge in [0.2, 0.25) is 5.91 Å². The first-order valence-corrected chi connectivity index (χ1v) is 31.6. The van der Waals surface area contributed by atoms with Crippen molar-refractivity contribution in [3.8, 4) is 17.2 Å². The Balaban J connectivity index is 1.31. The van der Waals surface area contributed by atoms with Crippen molar-refractivity contribution in [1.82, 2.24) is 10.6 Å². The van der Waals surface area contributed by atoms with Gasteiger partial charge in [0.25, 0.3) is 0 Å². The van der Waals surface area contributed by atoms with Crippen molar-refractivity contribution < 1.29 is 94.1 Å². The number of rotatable bonds is 23. The van der Waals surface area contributed by atoms with E-state index in [1.54, 1.807) is 81.4 Å². The second-order valence-electron chi connectivity index (χ2n) is 22.9. The molecule has 11 unspecified atom stereocenters. The van der Waals surface area contributed by atoms with Gasteiger partial charge in [-0.3, -0.25) is 24.1 Å². The molecule has 3 aliphatic carbocycles. The van der Waals surface area contributed by atoms with Gasteiger partial charge in [-0.2, -0.15) is 8.62 Å². The van der Waals surface area contributed by atoms with E-state index in [1.807, 2.05) is 45.9 Å². The van der Waals surface area contributed by atoms with Crippen molar-refractivity contribution >= 4 is 59.0 Å². The molecule has 3 aliphatic heterocycles. The first-order chi connectivity index (χ1) is 38.7. The quantitative estimate of drug-likeness (QED) is 0.0223. The molecule has 3 saturated carbocycles. The number of phosphoric ester groups is 1. The summed E-state index contributed by atoms with van der Waals surface area (Å²) in [7, 11) is -18.1. The zero-order valence-electron chi connectivity index (χ0n) is 47.7. The lowest BCUT2D eigenvalue weighted by atomic mass is 9.45. The van der Waals surface area contributed by atoms with Crippen LogP contribution in [0.1, 0.15) is 128 Å². The van der Waals surface area contributed by atoms with Gasteiger partial charge in [0.15, 0.2) is 28.5 Å². The van der Waals surface area contributed by atoms with Gasteiger partial charge in [-0.15, -0.1) is 0 Å². The third-order valence-corrected chi connectivity index (χ3v) is 19.4. The SMILES string of the molecule is CC(C)=CCCC1(C)C=Cc2c(c(CC=C(C)C)c3c(c2OP(=O)(O)OP(=O)(O)OP(=O)(O)O)C(=O)C2C(NC(C)C(=O)OCc4ccccc4)C4CC5C(C)(C)OC(C/C=C(/C)C(=O)NC(C)C(=O)OCc6ccccc6)(C4=O)C25O3)O1. The number of carbonyl (C=O) groups is 5. The summed E-state index contributed by atoms with van der Waals surface area (Å²) in [5.41, 5.74) is -3.80. The molecule has 6 N–H and O–H groups in total. The molecule has 4 bridgehead atoms. The van der Waals surface area contributed by atoms with Crippen LogP contribution in [-0.2, 0) is 75.3 Å². The van der Waals surface area contributed by atoms with Crippen LogP contribution in [0.25, 0.3) is 6.08 Å². The molecule has 448 valence electrons. The van der Waals surface area contributed by atoms with Gasteiger partial charge < -0.3 is 53.5 Å². The van der Waals surface area contributed by atoms with E-state index in [-0.39, 0.29) is 60.7 Å². The summed E-state index contributed by atoms with van der Waals surface area (Å²) in [4.78, 5) is 114. The number of hydrogen-bond donors (Lipinski definition) is 6. The smallest absolute Gasteiger partial charge is 0.482 e. The van der Waals surface area contributed by atoms with Gasteiger partial charge in [-0.05, 0) is 118 Å². The number of carbonyl (C=O) groups excluding carboxylic acids is 5. The number of phosphoric acid groups is 3. The van der Waals surface area contributed by atoms with Crippen LogP contribution in [0.5, 0.6) is 17.2 Å². The highest BCUT2D eigenvalue weighted by Gasteiger charge is 2.85. The molecule has 83 heavy (non-hydrogen) atoms. The van der Waals surface area contributed by atoms with E-state index in [2.05, 4.69) is 19.3 Å². The number of esters is 2. The Morgan fingerprint density at radius 2 is 1.36 bits per heavy atom. The van der Waals surface area contributed by atoms with E-state index in [9.17, 15) is 47.7 Å². The summed E-state index contributed by atoms with van der Waals surface area (Å²) in [5, 5.41) is 5.89. The monoisotopic (exact) mass is 1210 g/mol. The summed E-state index contributed by atoms with van der Waals surface area (Å²) in [6, 6.07) is 14.2. The largest absolute Gasteiger partial charge is 0.536 e. The highest BCUT2D eigenvalue weighted by Crippen LogP contribution is 2.72. The Bertz CT molecular complexity index is 3350. The van der Waals surface area contributed by atoms with E-state index < -0.39 is 122 Å². The summed E-state index contributed by atoms with van der Waals surface area (Å²) >= 11 is 0. The summed E-state index contributed by atoms with van der Waals surface area (Å²) in [6.07, 6.45) is 8.87. The summed E-state index contributed by atoms with van der Waals surface area (Å²) < 4.78 is 85.6. The molecule has 0 radical (unpaired) electrons. The second-order valence-corrected chi connectivity index (χ2v) is 27.3. The van der Waals surface area contributed by atoms with Crippen LogP contribution in [-0.4, -0.2) is 89.5 Å². The Morgan fingerprint density at radius 1 is 0.771 bits per heavy atom. The Morgan fingerprint density at radius 3 is 1.94 bits per heavy atom. The lowest BCUT2D eigenvalue weighted by Gasteiger charge is -2.63. The minimum absolute atomic E-state index is 0.0340. The predicted octanol–water partition coefficient (Wildman–Crippen LogP) is 9.18. The first-order valence-electron chi connectivity index (χ1n) is 27.1. The predicted molar refractivity (Wildman–Crippen MR) is 301 cm³/mol. The number of fused-ring (bicyclic) bond motifs is 2. The van der Waals surface area contributed by atoms with Gasteiger partial charge in [0.1, 0.15) is 48.0 Å². The maximum atomic E-state index is 16.6. The minimum Gasteiger partial charge on any atom is -0.482 e. The zero-order valence-corrected chi connectivity index (χ0v) is 50.4. The number of benzene rings is 3. The van der Waals surface area contributed by atoms with Crippen LogP contribution < -0.4 is 24.6 Å². The highest BCUT2D eigenvalue weighted by molar-refractivity contribution is 7.66. The number of ketones is 2. The molecule has 3 aromatic carbocycles. The lowest BCUT2D eigenvalue weighted by molar-refractivity contribution is -0.206. The van der Waals surface area contributed by atoms with Gasteiger partial charge in [-0.25, -0.2) is 18.5 Å². The van der Waals surface area contributed by atoms with Gasteiger partial charge in [0, 0.05) is 35.4 Å².